The van der Waals surface area contributed by atoms with Crippen molar-refractivity contribution >= 4 is 5.97 Å². The molecule has 3 fully saturated rings. The van der Waals surface area contributed by atoms with Crippen molar-refractivity contribution in [1.29, 1.82) is 0 Å². The maximum atomic E-state index is 12.4. The van der Waals surface area contributed by atoms with Gasteiger partial charge in [0.25, 0.3) is 0 Å². The Morgan fingerprint density at radius 2 is 1.74 bits per heavy atom. The molecule has 0 aromatic heterocycles. The van der Waals surface area contributed by atoms with Crippen LogP contribution < -0.4 is 0 Å². The van der Waals surface area contributed by atoms with Gasteiger partial charge in [0, 0.05) is 0 Å². The molecule has 3 aliphatic carbocycles. The number of esters is 1. The van der Waals surface area contributed by atoms with E-state index >= 15 is 0 Å². The summed E-state index contributed by atoms with van der Waals surface area (Å²) in [5.41, 5.74) is 1.89. The first kappa shape index (κ1) is 28.1. The quantitative estimate of drug-likeness (QED) is 0.326. The summed E-state index contributed by atoms with van der Waals surface area (Å²) in [6, 6.07) is 0. The van der Waals surface area contributed by atoms with Crippen molar-refractivity contribution in [3.8, 4) is 0 Å². The monoisotopic (exact) mass is 488 g/mol. The molecule has 3 aliphatic rings. The number of rotatable bonds is 7. The zero-order valence-corrected chi connectivity index (χ0v) is 22.7. The number of aliphatic hydroxyl groups excluding tert-OH is 3. The summed E-state index contributed by atoms with van der Waals surface area (Å²) in [4.78, 5) is 12.4. The Hall–Kier alpha value is -1.43. The van der Waals surface area contributed by atoms with Crippen LogP contribution in [0.1, 0.15) is 92.9 Å². The third-order valence-electron chi connectivity index (χ3n) is 8.95. The normalized spacial score (nSPS) is 34.8. The van der Waals surface area contributed by atoms with Crippen LogP contribution in [0.15, 0.2) is 35.5 Å². The predicted octanol–water partition coefficient (Wildman–Crippen LogP) is 5.49. The molecule has 0 aromatic rings. The Morgan fingerprint density at radius 3 is 2.37 bits per heavy atom. The average Bonchev–Trinajstić information content (AvgIpc) is 3.12. The minimum atomic E-state index is -0.989. The molecule has 5 nitrogen and oxygen atoms in total. The van der Waals surface area contributed by atoms with Crippen molar-refractivity contribution in [1.82, 2.24) is 0 Å². The molecule has 0 unspecified atom stereocenters. The Labute approximate surface area is 212 Å². The highest BCUT2D eigenvalue weighted by atomic mass is 16.5. The molecule has 0 radical (unpaired) electrons. The summed E-state index contributed by atoms with van der Waals surface area (Å²) in [6.07, 6.45) is 14.0. The van der Waals surface area contributed by atoms with Gasteiger partial charge >= 0.3 is 5.97 Å². The first-order valence-corrected chi connectivity index (χ1v) is 13.7. The molecule has 3 rings (SSSR count). The van der Waals surface area contributed by atoms with Crippen molar-refractivity contribution in [2.45, 2.75) is 117 Å². The fourth-order valence-corrected chi connectivity index (χ4v) is 6.82. The van der Waals surface area contributed by atoms with E-state index in [0.29, 0.717) is 37.0 Å². The Bertz CT molecular complexity index is 826. The molecule has 0 spiro atoms. The minimum absolute atomic E-state index is 0.204. The molecule has 7 atom stereocenters. The summed E-state index contributed by atoms with van der Waals surface area (Å²) >= 11 is 0. The molecule has 35 heavy (non-hydrogen) atoms. The van der Waals surface area contributed by atoms with Crippen LogP contribution in [0.3, 0.4) is 0 Å². The molecule has 5 heteroatoms. The fraction of sp³-hybridized carbons (Fsp3) is 0.767. The summed E-state index contributed by atoms with van der Waals surface area (Å²) in [7, 11) is 0. The lowest BCUT2D eigenvalue weighted by Gasteiger charge is -2.44. The lowest BCUT2D eigenvalue weighted by atomic mass is 9.61. The predicted molar refractivity (Wildman–Crippen MR) is 140 cm³/mol. The SMILES string of the molecule is CC(C)OC(=O)C(C)(C)[C@@H](O)C=C[C@@H](C)[C@H]1CC[C@H]2C(=CC=C3C[C@@H](O)C[C@H](O)C3)CCC[C@]12C. The first-order chi connectivity index (χ1) is 16.3. The van der Waals surface area contributed by atoms with Crippen molar-refractivity contribution in [3.63, 3.8) is 0 Å². The number of allylic oxidation sites excluding steroid dienone is 4. The van der Waals surface area contributed by atoms with Crippen LogP contribution >= 0.6 is 0 Å². The van der Waals surface area contributed by atoms with E-state index in [1.54, 1.807) is 19.9 Å². The van der Waals surface area contributed by atoms with E-state index in [1.807, 2.05) is 13.8 Å². The maximum absolute atomic E-state index is 12.4. The van der Waals surface area contributed by atoms with Crippen LogP contribution in [0.5, 0.6) is 0 Å². The number of hydrogen-bond donors (Lipinski definition) is 3. The van der Waals surface area contributed by atoms with Crippen LogP contribution in [0, 0.1) is 28.6 Å². The molecule has 0 heterocycles. The Balaban J connectivity index is 1.69. The summed E-state index contributed by atoms with van der Waals surface area (Å²) in [5, 5.41) is 30.8. The zero-order valence-electron chi connectivity index (χ0n) is 22.7. The number of hydrogen-bond acceptors (Lipinski definition) is 5. The first-order valence-electron chi connectivity index (χ1n) is 13.7. The van der Waals surface area contributed by atoms with Crippen LogP contribution in [-0.2, 0) is 9.53 Å². The Morgan fingerprint density at radius 1 is 1.09 bits per heavy atom. The van der Waals surface area contributed by atoms with Gasteiger partial charge in [-0.25, -0.2) is 0 Å². The number of fused-ring (bicyclic) bond motifs is 1. The van der Waals surface area contributed by atoms with Gasteiger partial charge in [0.15, 0.2) is 0 Å². The van der Waals surface area contributed by atoms with E-state index in [-0.39, 0.29) is 17.5 Å². The highest BCUT2D eigenvalue weighted by molar-refractivity contribution is 5.77. The van der Waals surface area contributed by atoms with E-state index in [2.05, 4.69) is 32.1 Å². The van der Waals surface area contributed by atoms with E-state index in [9.17, 15) is 20.1 Å². The van der Waals surface area contributed by atoms with Crippen molar-refractivity contribution in [3.05, 3.63) is 35.5 Å². The van der Waals surface area contributed by atoms with Gasteiger partial charge in [-0.3, -0.25) is 4.79 Å². The van der Waals surface area contributed by atoms with Gasteiger partial charge in [-0.2, -0.15) is 0 Å². The molecule has 198 valence electrons. The third kappa shape index (κ3) is 6.47. The number of ether oxygens (including phenoxy) is 1. The Kier molecular flexibility index (Phi) is 9.10. The fourth-order valence-electron chi connectivity index (χ4n) is 6.82. The molecular weight excluding hydrogens is 440 g/mol. The van der Waals surface area contributed by atoms with Gasteiger partial charge in [0.05, 0.1) is 29.8 Å². The van der Waals surface area contributed by atoms with Gasteiger partial charge in [-0.15, -0.1) is 0 Å². The average molecular weight is 489 g/mol. The number of carbonyl (C=O) groups excluding carboxylic acids is 1. The molecule has 3 N–H and O–H groups in total. The number of aliphatic hydroxyl groups is 3. The van der Waals surface area contributed by atoms with E-state index in [4.69, 9.17) is 4.74 Å². The minimum Gasteiger partial charge on any atom is -0.462 e. The second-order valence-electron chi connectivity index (χ2n) is 12.5. The molecular formula is C30H48O5. The van der Waals surface area contributed by atoms with Crippen LogP contribution in [0.2, 0.25) is 0 Å². The van der Waals surface area contributed by atoms with Crippen molar-refractivity contribution < 1.29 is 24.9 Å². The molecule has 0 bridgehead atoms. The van der Waals surface area contributed by atoms with Crippen LogP contribution in [0.25, 0.3) is 0 Å². The van der Waals surface area contributed by atoms with Gasteiger partial charge in [-0.1, -0.05) is 49.3 Å². The summed E-state index contributed by atoms with van der Waals surface area (Å²) < 4.78 is 5.35. The molecule has 0 amide bonds. The van der Waals surface area contributed by atoms with Gasteiger partial charge in [0.1, 0.15) is 0 Å². The lowest BCUT2D eigenvalue weighted by Crippen LogP contribution is -2.39. The lowest BCUT2D eigenvalue weighted by molar-refractivity contribution is -0.162. The van der Waals surface area contributed by atoms with Gasteiger partial charge < -0.3 is 20.1 Å². The highest BCUT2D eigenvalue weighted by Gasteiger charge is 2.50. The van der Waals surface area contributed by atoms with Crippen molar-refractivity contribution in [2.24, 2.45) is 28.6 Å². The zero-order chi connectivity index (χ0) is 26.0. The summed E-state index contributed by atoms with van der Waals surface area (Å²) in [6.45, 7) is 11.8. The molecule has 0 saturated heterocycles. The second kappa shape index (κ2) is 11.3. The van der Waals surface area contributed by atoms with Gasteiger partial charge in [0.2, 0.25) is 0 Å². The van der Waals surface area contributed by atoms with Gasteiger partial charge in [-0.05, 0) is 102 Å². The summed E-state index contributed by atoms with van der Waals surface area (Å²) in [5.74, 6) is 1.00. The van der Waals surface area contributed by atoms with Crippen LogP contribution in [-0.4, -0.2) is 45.7 Å². The number of carbonyl (C=O) groups is 1. The molecule has 3 saturated carbocycles. The highest BCUT2D eigenvalue weighted by Crippen LogP contribution is 2.59. The topological polar surface area (TPSA) is 87.0 Å². The third-order valence-corrected chi connectivity index (χ3v) is 8.95. The van der Waals surface area contributed by atoms with Crippen LogP contribution in [0.4, 0.5) is 0 Å². The van der Waals surface area contributed by atoms with Crippen molar-refractivity contribution in [2.75, 3.05) is 0 Å². The molecule has 0 aliphatic heterocycles. The van der Waals surface area contributed by atoms with E-state index in [1.165, 1.54) is 24.8 Å². The smallest absolute Gasteiger partial charge is 0.314 e. The standard InChI is InChI=1S/C30H48O5/c1-19(2)35-28(34)29(4,5)27(33)14-9-20(3)25-12-13-26-22(8-7-15-30(25,26)6)11-10-21-16-23(31)18-24(32)17-21/h9-11,14,19-20,23-27,31-33H,7-8,12-13,15-18H2,1-6H3/t20-,23-,24-,25-,26+,27+,30-/m1/s1. The molecule has 0 aromatic carbocycles. The maximum Gasteiger partial charge on any atom is 0.314 e. The van der Waals surface area contributed by atoms with E-state index < -0.39 is 23.7 Å². The second-order valence-corrected chi connectivity index (χ2v) is 12.5. The van der Waals surface area contributed by atoms with E-state index in [0.717, 1.165) is 18.4 Å². The largest absolute Gasteiger partial charge is 0.462 e.